The summed E-state index contributed by atoms with van der Waals surface area (Å²) in [6.07, 6.45) is 0.912. The van der Waals surface area contributed by atoms with Crippen LogP contribution in [-0.2, 0) is 5.41 Å². The van der Waals surface area contributed by atoms with Crippen LogP contribution in [0.15, 0.2) is 40.9 Å². The van der Waals surface area contributed by atoms with Gasteiger partial charge in [0.25, 0.3) is 0 Å². The fourth-order valence-electron chi connectivity index (χ4n) is 2.80. The molecule has 0 heterocycles. The molecule has 0 bridgehead atoms. The van der Waals surface area contributed by atoms with Crippen LogP contribution in [0.1, 0.15) is 35.3 Å². The van der Waals surface area contributed by atoms with Gasteiger partial charge in [0.05, 0.1) is 0 Å². The Morgan fingerprint density at radius 1 is 1.00 bits per heavy atom. The molecule has 18 heavy (non-hydrogen) atoms. The zero-order chi connectivity index (χ0) is 12.9. The van der Waals surface area contributed by atoms with Crippen LogP contribution >= 0.6 is 15.9 Å². The van der Waals surface area contributed by atoms with E-state index in [0.29, 0.717) is 0 Å². The highest BCUT2D eigenvalue weighted by Crippen LogP contribution is 2.49. The van der Waals surface area contributed by atoms with Gasteiger partial charge < -0.3 is 0 Å². The van der Waals surface area contributed by atoms with E-state index < -0.39 is 0 Å². The normalized spacial score (nSPS) is 15.1. The SMILES string of the molecule is CC1(C)c2cc(Br)ccc2-c2ccc(C=O)cc21. The molecule has 1 aliphatic rings. The Balaban J connectivity index is 2.34. The van der Waals surface area contributed by atoms with Crippen LogP contribution in [0.4, 0.5) is 0 Å². The zero-order valence-corrected chi connectivity index (χ0v) is 11.9. The van der Waals surface area contributed by atoms with Gasteiger partial charge in [-0.1, -0.05) is 48.0 Å². The first kappa shape index (κ1) is 11.7. The molecule has 0 fully saturated rings. The van der Waals surface area contributed by atoms with Crippen molar-refractivity contribution in [2.75, 3.05) is 0 Å². The number of fused-ring (bicyclic) bond motifs is 3. The molecule has 0 saturated heterocycles. The number of benzene rings is 2. The van der Waals surface area contributed by atoms with Crippen LogP contribution in [0.3, 0.4) is 0 Å². The van der Waals surface area contributed by atoms with E-state index in [4.69, 9.17) is 0 Å². The molecule has 0 radical (unpaired) electrons. The lowest BCUT2D eigenvalue weighted by atomic mass is 9.82. The summed E-state index contributed by atoms with van der Waals surface area (Å²) in [4.78, 5) is 10.9. The van der Waals surface area contributed by atoms with Gasteiger partial charge in [-0.2, -0.15) is 0 Å². The maximum absolute atomic E-state index is 10.9. The van der Waals surface area contributed by atoms with Crippen molar-refractivity contribution in [3.63, 3.8) is 0 Å². The van der Waals surface area contributed by atoms with Crippen molar-refractivity contribution in [3.8, 4) is 11.1 Å². The highest BCUT2D eigenvalue weighted by molar-refractivity contribution is 9.10. The predicted molar refractivity (Wildman–Crippen MR) is 77.1 cm³/mol. The molecule has 1 nitrogen and oxygen atoms in total. The molecule has 0 atom stereocenters. The maximum atomic E-state index is 10.9. The fraction of sp³-hybridized carbons (Fsp3) is 0.188. The molecule has 0 aliphatic heterocycles. The van der Waals surface area contributed by atoms with Crippen LogP contribution in [0.25, 0.3) is 11.1 Å². The van der Waals surface area contributed by atoms with Crippen molar-refractivity contribution in [1.82, 2.24) is 0 Å². The molecule has 2 heteroatoms. The monoisotopic (exact) mass is 300 g/mol. The zero-order valence-electron chi connectivity index (χ0n) is 10.3. The van der Waals surface area contributed by atoms with Crippen molar-refractivity contribution >= 4 is 22.2 Å². The van der Waals surface area contributed by atoms with E-state index in [1.807, 2.05) is 12.1 Å². The van der Waals surface area contributed by atoms with Gasteiger partial charge in [-0.05, 0) is 40.5 Å². The van der Waals surface area contributed by atoms with Crippen molar-refractivity contribution in [2.24, 2.45) is 0 Å². The molecule has 0 aromatic heterocycles. The highest BCUT2D eigenvalue weighted by atomic mass is 79.9. The second-order valence-corrected chi connectivity index (χ2v) is 6.15. The number of rotatable bonds is 1. The summed E-state index contributed by atoms with van der Waals surface area (Å²) in [6.45, 7) is 4.41. The Kier molecular flexibility index (Phi) is 2.46. The number of hydrogen-bond acceptors (Lipinski definition) is 1. The third-order valence-electron chi connectivity index (χ3n) is 3.80. The van der Waals surface area contributed by atoms with Gasteiger partial charge >= 0.3 is 0 Å². The Morgan fingerprint density at radius 3 is 2.28 bits per heavy atom. The summed E-state index contributed by atoms with van der Waals surface area (Å²) in [5, 5.41) is 0. The summed E-state index contributed by atoms with van der Waals surface area (Å²) in [5.41, 5.74) is 5.76. The summed E-state index contributed by atoms with van der Waals surface area (Å²) >= 11 is 3.53. The van der Waals surface area contributed by atoms with Crippen LogP contribution in [0.2, 0.25) is 0 Å². The van der Waals surface area contributed by atoms with E-state index in [1.165, 1.54) is 22.3 Å². The van der Waals surface area contributed by atoms with E-state index in [0.717, 1.165) is 16.3 Å². The molecule has 0 N–H and O–H groups in total. The minimum Gasteiger partial charge on any atom is -0.298 e. The fourth-order valence-corrected chi connectivity index (χ4v) is 3.16. The Morgan fingerprint density at radius 2 is 1.61 bits per heavy atom. The van der Waals surface area contributed by atoms with E-state index in [9.17, 15) is 4.79 Å². The van der Waals surface area contributed by atoms with Crippen LogP contribution < -0.4 is 0 Å². The molecule has 2 aromatic rings. The first-order chi connectivity index (χ1) is 8.54. The summed E-state index contributed by atoms with van der Waals surface area (Å²) in [7, 11) is 0. The van der Waals surface area contributed by atoms with Crippen LogP contribution in [0.5, 0.6) is 0 Å². The van der Waals surface area contributed by atoms with Gasteiger partial charge in [0.15, 0.2) is 0 Å². The number of aldehydes is 1. The third-order valence-corrected chi connectivity index (χ3v) is 4.29. The predicted octanol–water partition coefficient (Wildman–Crippen LogP) is 4.57. The first-order valence-electron chi connectivity index (χ1n) is 5.94. The second-order valence-electron chi connectivity index (χ2n) is 5.24. The smallest absolute Gasteiger partial charge is 0.150 e. The quantitative estimate of drug-likeness (QED) is 0.705. The van der Waals surface area contributed by atoms with Crippen molar-refractivity contribution < 1.29 is 4.79 Å². The van der Waals surface area contributed by atoms with E-state index in [-0.39, 0.29) is 5.41 Å². The highest BCUT2D eigenvalue weighted by Gasteiger charge is 2.35. The Hall–Kier alpha value is -1.41. The Bertz CT molecular complexity index is 656. The number of hydrogen-bond donors (Lipinski definition) is 0. The number of carbonyl (C=O) groups excluding carboxylic acids is 1. The lowest BCUT2D eigenvalue weighted by molar-refractivity contribution is 0.112. The third kappa shape index (κ3) is 1.49. The first-order valence-corrected chi connectivity index (χ1v) is 6.73. The van der Waals surface area contributed by atoms with Crippen LogP contribution in [-0.4, -0.2) is 6.29 Å². The van der Waals surface area contributed by atoms with Gasteiger partial charge in [0, 0.05) is 15.5 Å². The Labute approximate surface area is 115 Å². The summed E-state index contributed by atoms with van der Waals surface area (Å²) < 4.78 is 1.10. The van der Waals surface area contributed by atoms with E-state index in [1.54, 1.807) is 0 Å². The van der Waals surface area contributed by atoms with Crippen molar-refractivity contribution in [2.45, 2.75) is 19.3 Å². The van der Waals surface area contributed by atoms with Crippen LogP contribution in [0, 0.1) is 0 Å². The molecular formula is C16H13BrO. The van der Waals surface area contributed by atoms with Gasteiger partial charge in [-0.25, -0.2) is 0 Å². The number of carbonyl (C=O) groups is 1. The lowest BCUT2D eigenvalue weighted by Gasteiger charge is -2.21. The molecule has 90 valence electrons. The van der Waals surface area contributed by atoms with Gasteiger partial charge in [-0.15, -0.1) is 0 Å². The number of halogens is 1. The maximum Gasteiger partial charge on any atom is 0.150 e. The van der Waals surface area contributed by atoms with E-state index >= 15 is 0 Å². The molecule has 0 unspecified atom stereocenters. The summed E-state index contributed by atoms with van der Waals surface area (Å²) in [5.74, 6) is 0. The van der Waals surface area contributed by atoms with Crippen molar-refractivity contribution in [3.05, 3.63) is 57.6 Å². The minimum atomic E-state index is -0.0481. The largest absolute Gasteiger partial charge is 0.298 e. The molecule has 1 aliphatic carbocycles. The molecule has 0 spiro atoms. The minimum absolute atomic E-state index is 0.0481. The van der Waals surface area contributed by atoms with Crippen molar-refractivity contribution in [1.29, 1.82) is 0 Å². The second kappa shape index (κ2) is 3.79. The molecule has 2 aromatic carbocycles. The topological polar surface area (TPSA) is 17.1 Å². The average molecular weight is 301 g/mol. The van der Waals surface area contributed by atoms with Gasteiger partial charge in [-0.3, -0.25) is 4.79 Å². The lowest BCUT2D eigenvalue weighted by Crippen LogP contribution is -2.15. The molecular weight excluding hydrogens is 288 g/mol. The average Bonchev–Trinajstić information content (AvgIpc) is 2.58. The standard InChI is InChI=1S/C16H13BrO/c1-16(2)14-7-10(9-18)3-5-12(14)13-6-4-11(17)8-15(13)16/h3-9H,1-2H3. The van der Waals surface area contributed by atoms with Gasteiger partial charge in [0.2, 0.25) is 0 Å². The van der Waals surface area contributed by atoms with E-state index in [2.05, 4.69) is 54.0 Å². The molecule has 0 amide bonds. The summed E-state index contributed by atoms with van der Waals surface area (Å²) in [6, 6.07) is 12.3. The van der Waals surface area contributed by atoms with Gasteiger partial charge in [0.1, 0.15) is 6.29 Å². The molecule has 3 rings (SSSR count). The molecule has 0 saturated carbocycles.